The highest BCUT2D eigenvalue weighted by molar-refractivity contribution is 9.10. The minimum atomic E-state index is 0.138. The molecule has 132 valence electrons. The Hall–Kier alpha value is -1.13. The second-order valence-corrected chi connectivity index (χ2v) is 8.12. The highest BCUT2D eigenvalue weighted by Gasteiger charge is 2.22. The zero-order valence-electron chi connectivity index (χ0n) is 14.7. The molecule has 1 amide bonds. The Morgan fingerprint density at radius 2 is 1.52 bits per heavy atom. The number of hydrogen-bond acceptors (Lipinski definition) is 1. The Morgan fingerprint density at radius 1 is 0.920 bits per heavy atom. The second-order valence-electron chi connectivity index (χ2n) is 6.48. The zero-order valence-corrected chi connectivity index (χ0v) is 17.9. The second kappa shape index (κ2) is 8.05. The number of nitrogens with zero attached hydrogens (tertiary/aromatic N) is 1. The molecule has 0 aliphatic heterocycles. The van der Waals surface area contributed by atoms with E-state index in [0.717, 1.165) is 54.4 Å². The van der Waals surface area contributed by atoms with E-state index in [1.807, 2.05) is 18.7 Å². The van der Waals surface area contributed by atoms with E-state index in [0.29, 0.717) is 0 Å². The predicted octanol–water partition coefficient (Wildman–Crippen LogP) is 5.58. The number of carbonyl (C=O) groups is 1. The van der Waals surface area contributed by atoms with E-state index in [1.165, 1.54) is 21.2 Å². The number of amides is 1. The third kappa shape index (κ3) is 3.85. The molecule has 0 atom stereocenters. The average Bonchev–Trinajstić information content (AvgIpc) is 2.59. The largest absolute Gasteiger partial charge is 0.339 e. The molecule has 25 heavy (non-hydrogen) atoms. The van der Waals surface area contributed by atoms with Gasteiger partial charge >= 0.3 is 0 Å². The monoisotopic (exact) mass is 463 g/mol. The molecule has 2 aromatic rings. The van der Waals surface area contributed by atoms with Gasteiger partial charge in [-0.15, -0.1) is 0 Å². The van der Waals surface area contributed by atoms with Gasteiger partial charge in [0.2, 0.25) is 0 Å². The Kier molecular flexibility index (Phi) is 6.00. The summed E-state index contributed by atoms with van der Waals surface area (Å²) in [5.41, 5.74) is 5.81. The van der Waals surface area contributed by atoms with Crippen molar-refractivity contribution in [3.63, 3.8) is 0 Å². The van der Waals surface area contributed by atoms with Crippen molar-refractivity contribution in [3.8, 4) is 0 Å². The van der Waals surface area contributed by atoms with Gasteiger partial charge in [-0.25, -0.2) is 0 Å². The van der Waals surface area contributed by atoms with Gasteiger partial charge in [0.1, 0.15) is 0 Å². The summed E-state index contributed by atoms with van der Waals surface area (Å²) in [7, 11) is 0. The maximum atomic E-state index is 13.1. The van der Waals surface area contributed by atoms with Crippen molar-refractivity contribution < 1.29 is 4.79 Å². The van der Waals surface area contributed by atoms with Crippen LogP contribution in [0.5, 0.6) is 0 Å². The number of aryl methyl sites for hydroxylation is 4. The summed E-state index contributed by atoms with van der Waals surface area (Å²) in [5.74, 6) is 0.138. The third-order valence-electron chi connectivity index (χ3n) is 5.04. The van der Waals surface area contributed by atoms with Crippen molar-refractivity contribution in [2.75, 3.05) is 13.1 Å². The van der Waals surface area contributed by atoms with E-state index in [2.05, 4.69) is 62.2 Å². The molecule has 2 aromatic carbocycles. The Balaban J connectivity index is 2.07. The molecular formula is C21H23Br2NO. The maximum absolute atomic E-state index is 13.1. The van der Waals surface area contributed by atoms with Gasteiger partial charge in [-0.3, -0.25) is 4.79 Å². The van der Waals surface area contributed by atoms with E-state index in [-0.39, 0.29) is 5.91 Å². The molecule has 0 spiro atoms. The molecule has 0 heterocycles. The minimum absolute atomic E-state index is 0.138. The molecule has 0 saturated heterocycles. The number of rotatable bonds is 3. The van der Waals surface area contributed by atoms with Gasteiger partial charge in [0.05, 0.1) is 5.56 Å². The molecule has 4 heteroatoms. The fourth-order valence-corrected chi connectivity index (χ4v) is 4.84. The molecule has 0 saturated carbocycles. The first-order valence-corrected chi connectivity index (χ1v) is 10.5. The lowest BCUT2D eigenvalue weighted by molar-refractivity contribution is 0.0771. The number of carbonyl (C=O) groups excluding carboxylic acids is 1. The Morgan fingerprint density at radius 3 is 2.20 bits per heavy atom. The summed E-state index contributed by atoms with van der Waals surface area (Å²) >= 11 is 7.47. The number of halogens is 2. The van der Waals surface area contributed by atoms with Crippen LogP contribution in [0.2, 0.25) is 0 Å². The topological polar surface area (TPSA) is 20.3 Å². The lowest BCUT2D eigenvalue weighted by Crippen LogP contribution is -2.31. The molecule has 4 bridgehead atoms. The van der Waals surface area contributed by atoms with Crippen molar-refractivity contribution in [3.05, 3.63) is 67.1 Å². The van der Waals surface area contributed by atoms with Crippen LogP contribution >= 0.6 is 31.9 Å². The first kappa shape index (κ1) is 18.7. The van der Waals surface area contributed by atoms with Crippen molar-refractivity contribution in [1.29, 1.82) is 0 Å². The Bertz CT molecular complexity index is 797. The van der Waals surface area contributed by atoms with Crippen LogP contribution in [0.3, 0.4) is 0 Å². The molecule has 2 nitrogen and oxygen atoms in total. The van der Waals surface area contributed by atoms with Crippen LogP contribution in [0.25, 0.3) is 0 Å². The highest BCUT2D eigenvalue weighted by atomic mass is 79.9. The van der Waals surface area contributed by atoms with Gasteiger partial charge in [-0.2, -0.15) is 0 Å². The van der Waals surface area contributed by atoms with Crippen molar-refractivity contribution >= 4 is 37.8 Å². The van der Waals surface area contributed by atoms with Crippen molar-refractivity contribution in [2.24, 2.45) is 0 Å². The zero-order chi connectivity index (χ0) is 18.0. The van der Waals surface area contributed by atoms with E-state index < -0.39 is 0 Å². The number of hydrogen-bond donors (Lipinski definition) is 0. The first-order valence-electron chi connectivity index (χ1n) is 8.92. The molecule has 4 aliphatic rings. The average molecular weight is 465 g/mol. The van der Waals surface area contributed by atoms with Crippen LogP contribution in [0.15, 0.2) is 39.3 Å². The van der Waals surface area contributed by atoms with Gasteiger partial charge in [-0.1, -0.05) is 40.2 Å². The SMILES string of the molecule is CCN(CC)C(=O)c1c2ccc(c1Br)CCc1ccc(c(Br)c1)CC2. The standard InChI is InChI=1S/C21H23Br2NO/c1-3-24(4-2)21(25)19-16-10-9-15-7-5-14(13-18(15)22)6-8-17(12-11-16)20(19)23/h5,7,11-13H,3-4,6,8-10H2,1-2H3. The lowest BCUT2D eigenvalue weighted by Gasteiger charge is -2.23. The highest BCUT2D eigenvalue weighted by Crippen LogP contribution is 2.31. The van der Waals surface area contributed by atoms with Crippen LogP contribution in [-0.4, -0.2) is 23.9 Å². The van der Waals surface area contributed by atoms with Crippen LogP contribution in [0, 0.1) is 0 Å². The molecule has 0 fully saturated rings. The van der Waals surface area contributed by atoms with Crippen molar-refractivity contribution in [1.82, 2.24) is 4.90 Å². The maximum Gasteiger partial charge on any atom is 0.255 e. The van der Waals surface area contributed by atoms with Crippen LogP contribution in [0.1, 0.15) is 46.5 Å². The number of benzene rings is 2. The van der Waals surface area contributed by atoms with E-state index in [1.54, 1.807) is 0 Å². The smallest absolute Gasteiger partial charge is 0.255 e. The van der Waals surface area contributed by atoms with Gasteiger partial charge in [-0.05, 0) is 83.8 Å². The molecular weight excluding hydrogens is 442 g/mol. The quantitative estimate of drug-likeness (QED) is 0.580. The fourth-order valence-electron chi connectivity index (χ4n) is 3.46. The summed E-state index contributed by atoms with van der Waals surface area (Å²) in [5, 5.41) is 0. The Labute approximate surface area is 166 Å². The molecule has 0 unspecified atom stereocenters. The van der Waals surface area contributed by atoms with E-state index in [9.17, 15) is 4.79 Å². The fraction of sp³-hybridized carbons (Fsp3) is 0.381. The molecule has 0 radical (unpaired) electrons. The molecule has 4 aliphatic carbocycles. The third-order valence-corrected chi connectivity index (χ3v) is 6.68. The van der Waals surface area contributed by atoms with Gasteiger partial charge < -0.3 is 4.90 Å². The molecule has 0 N–H and O–H groups in total. The van der Waals surface area contributed by atoms with Crippen molar-refractivity contribution in [2.45, 2.75) is 39.5 Å². The summed E-state index contributed by atoms with van der Waals surface area (Å²) in [6, 6.07) is 11.0. The lowest BCUT2D eigenvalue weighted by atomic mass is 9.92. The minimum Gasteiger partial charge on any atom is -0.339 e. The summed E-state index contributed by atoms with van der Waals surface area (Å²) in [4.78, 5) is 15.0. The molecule has 0 aromatic heterocycles. The normalized spacial score (nSPS) is 13.4. The predicted molar refractivity (Wildman–Crippen MR) is 110 cm³/mol. The first-order chi connectivity index (χ1) is 12.0. The van der Waals surface area contributed by atoms with Crippen LogP contribution < -0.4 is 0 Å². The van der Waals surface area contributed by atoms with Gasteiger partial charge in [0.15, 0.2) is 0 Å². The summed E-state index contributed by atoms with van der Waals surface area (Å²) in [6.07, 6.45) is 3.67. The van der Waals surface area contributed by atoms with E-state index in [4.69, 9.17) is 0 Å². The van der Waals surface area contributed by atoms with Crippen LogP contribution in [-0.2, 0) is 25.7 Å². The van der Waals surface area contributed by atoms with Crippen LogP contribution in [0.4, 0.5) is 0 Å². The summed E-state index contributed by atoms with van der Waals surface area (Å²) in [6.45, 7) is 5.54. The summed E-state index contributed by atoms with van der Waals surface area (Å²) < 4.78 is 2.16. The molecule has 6 rings (SSSR count). The van der Waals surface area contributed by atoms with Gasteiger partial charge in [0, 0.05) is 22.0 Å². The van der Waals surface area contributed by atoms with E-state index >= 15 is 0 Å². The van der Waals surface area contributed by atoms with Gasteiger partial charge in [0.25, 0.3) is 5.91 Å².